The Morgan fingerprint density at radius 1 is 0.566 bits per heavy atom. The number of carboxylic acid groups (broad SMARTS) is 1. The highest BCUT2D eigenvalue weighted by molar-refractivity contribution is 5.82. The summed E-state index contributed by atoms with van der Waals surface area (Å²) in [7, 11) is 0. The molecule has 2 unspecified atom stereocenters. The van der Waals surface area contributed by atoms with E-state index in [1.165, 1.54) is 4.90 Å². The highest BCUT2D eigenvalue weighted by Crippen LogP contribution is 1.97. The Morgan fingerprint density at radius 3 is 1.36 bits per heavy atom. The van der Waals surface area contributed by atoms with Gasteiger partial charge in [-0.3, -0.25) is 49.5 Å². The first-order valence-electron chi connectivity index (χ1n) is 17.2. The smallest absolute Gasteiger partial charge is 0.317 e. The molecule has 0 aromatic carbocycles. The Morgan fingerprint density at radius 2 is 0.943 bits per heavy atom. The van der Waals surface area contributed by atoms with Crippen molar-refractivity contribution in [2.24, 2.45) is 22.9 Å². The van der Waals surface area contributed by atoms with Crippen LogP contribution in [0.5, 0.6) is 0 Å². The molecule has 0 bridgehead atoms. The summed E-state index contributed by atoms with van der Waals surface area (Å²) in [6.45, 7) is 1.07. The minimum Gasteiger partial charge on any atom is -0.480 e. The van der Waals surface area contributed by atoms with E-state index in [1.807, 2.05) is 0 Å². The van der Waals surface area contributed by atoms with Crippen molar-refractivity contribution in [1.29, 1.82) is 10.8 Å². The minimum absolute atomic E-state index is 0.0155. The number of amides is 4. The monoisotopic (exact) mass is 757 g/mol. The number of rotatable bonds is 32. The molecule has 302 valence electrons. The molecule has 17 N–H and O–H groups in total. The maximum atomic E-state index is 12.5. The lowest BCUT2D eigenvalue weighted by molar-refractivity contribution is -0.139. The van der Waals surface area contributed by atoms with Crippen LogP contribution in [0, 0.1) is 10.8 Å². The van der Waals surface area contributed by atoms with Gasteiger partial charge in [0, 0.05) is 65.4 Å². The molecular weight excluding hydrogens is 698 g/mol. The summed E-state index contributed by atoms with van der Waals surface area (Å²) in [5.41, 5.74) is 22.1. The topological polar surface area (TPSA) is 373 Å². The van der Waals surface area contributed by atoms with Crippen molar-refractivity contribution in [2.75, 3.05) is 98.2 Å². The van der Waals surface area contributed by atoms with Crippen LogP contribution in [0.1, 0.15) is 25.7 Å². The molecule has 0 aromatic heterocycles. The largest absolute Gasteiger partial charge is 0.480 e. The number of hydrogen-bond donors (Lipinski definition) is 13. The summed E-state index contributed by atoms with van der Waals surface area (Å²) in [6, 6.07) is -1.54. The van der Waals surface area contributed by atoms with Gasteiger partial charge < -0.3 is 69.5 Å². The summed E-state index contributed by atoms with van der Waals surface area (Å²) in [5.74, 6) is -3.19. The van der Waals surface area contributed by atoms with Crippen LogP contribution >= 0.6 is 0 Å². The van der Waals surface area contributed by atoms with Gasteiger partial charge in [0.2, 0.25) is 23.6 Å². The van der Waals surface area contributed by atoms with Gasteiger partial charge in [-0.05, 0) is 25.7 Å². The molecule has 0 aliphatic rings. The highest BCUT2D eigenvalue weighted by Gasteiger charge is 2.18. The summed E-state index contributed by atoms with van der Waals surface area (Å²) < 4.78 is 0. The third-order valence-corrected chi connectivity index (χ3v) is 7.40. The number of aldehydes is 2. The van der Waals surface area contributed by atoms with Gasteiger partial charge in [0.15, 0.2) is 11.9 Å². The van der Waals surface area contributed by atoms with E-state index in [-0.39, 0.29) is 90.5 Å². The van der Waals surface area contributed by atoms with E-state index in [1.54, 1.807) is 9.80 Å². The van der Waals surface area contributed by atoms with Crippen molar-refractivity contribution < 1.29 is 38.7 Å². The predicted molar refractivity (Wildman–Crippen MR) is 195 cm³/mol. The quantitative estimate of drug-likeness (QED) is 0.0131. The van der Waals surface area contributed by atoms with Crippen molar-refractivity contribution in [3.05, 3.63) is 0 Å². The standard InChI is InChI=1S/C30H59N15O8/c31-22(3-1-5-41-29(33)34)27(52)39-9-7-37-24(48)19-44(16-18-47)13-11-43(15-17-46)12-14-45(21-26(50)51)20-25(49)38-8-10-40-28(53)23(32)4-2-6-42-30(35)36/h17-18,22-23H,1-16,19-21,31-32H2,(H,37,48)(H,38,49)(H,39,52)(H,40,53)(H,50,51)(H4,33,34,41)(H4,35,36,42). The Balaban J connectivity index is 4.70. The van der Waals surface area contributed by atoms with Crippen molar-refractivity contribution in [3.8, 4) is 0 Å². The van der Waals surface area contributed by atoms with Crippen molar-refractivity contribution in [1.82, 2.24) is 46.6 Å². The molecule has 0 heterocycles. The van der Waals surface area contributed by atoms with Crippen LogP contribution in [0.2, 0.25) is 0 Å². The van der Waals surface area contributed by atoms with Gasteiger partial charge in [-0.2, -0.15) is 0 Å². The molecule has 0 radical (unpaired) electrons. The average molecular weight is 758 g/mol. The first-order valence-corrected chi connectivity index (χ1v) is 17.2. The maximum Gasteiger partial charge on any atom is 0.317 e. The van der Waals surface area contributed by atoms with E-state index in [0.717, 1.165) is 0 Å². The molecular formula is C30H59N15O8. The Bertz CT molecular complexity index is 1180. The molecule has 0 saturated carbocycles. The van der Waals surface area contributed by atoms with Gasteiger partial charge in [0.25, 0.3) is 0 Å². The van der Waals surface area contributed by atoms with E-state index in [4.69, 9.17) is 33.8 Å². The number of aliphatic carboxylic acids is 1. The average Bonchev–Trinajstić information content (AvgIpc) is 3.09. The molecule has 0 fully saturated rings. The zero-order valence-electron chi connectivity index (χ0n) is 30.2. The van der Waals surface area contributed by atoms with Gasteiger partial charge in [-0.15, -0.1) is 0 Å². The van der Waals surface area contributed by atoms with E-state index >= 15 is 0 Å². The SMILES string of the molecule is N=C(N)NCCCC(N)C(=O)NCCNC(=O)CN(CC=O)CCN(CC=O)CCN(CC(=O)O)CC(=O)NCCNC(=O)C(N)CCCNC(=N)N. The lowest BCUT2D eigenvalue weighted by atomic mass is 10.1. The molecule has 4 amide bonds. The first-order chi connectivity index (χ1) is 25.2. The molecule has 0 aliphatic heterocycles. The normalized spacial score (nSPS) is 12.0. The van der Waals surface area contributed by atoms with Gasteiger partial charge in [-0.25, -0.2) is 0 Å². The molecule has 53 heavy (non-hydrogen) atoms. The third-order valence-electron chi connectivity index (χ3n) is 7.40. The molecule has 0 aromatic rings. The Hall–Kier alpha value is -4.97. The van der Waals surface area contributed by atoms with Crippen LogP contribution in [0.4, 0.5) is 0 Å². The number of nitrogens with one attached hydrogen (secondary N) is 8. The fourth-order valence-corrected chi connectivity index (χ4v) is 4.62. The molecule has 0 saturated heterocycles. The number of guanidine groups is 2. The van der Waals surface area contributed by atoms with Gasteiger partial charge in [0.1, 0.15) is 12.6 Å². The second-order valence-electron chi connectivity index (χ2n) is 11.9. The van der Waals surface area contributed by atoms with Gasteiger partial charge in [-0.1, -0.05) is 0 Å². The molecule has 0 rings (SSSR count). The Kier molecular flexibility index (Phi) is 26.8. The van der Waals surface area contributed by atoms with Gasteiger partial charge >= 0.3 is 5.97 Å². The van der Waals surface area contributed by atoms with E-state index in [9.17, 15) is 38.7 Å². The van der Waals surface area contributed by atoms with Crippen molar-refractivity contribution in [2.45, 2.75) is 37.8 Å². The predicted octanol–water partition coefficient (Wildman–Crippen LogP) is -6.98. The van der Waals surface area contributed by atoms with Crippen LogP contribution < -0.4 is 54.8 Å². The Labute approximate surface area is 309 Å². The van der Waals surface area contributed by atoms with Crippen LogP contribution in [0.15, 0.2) is 0 Å². The number of hydrogen-bond acceptors (Lipinski definition) is 14. The van der Waals surface area contributed by atoms with E-state index < -0.39 is 48.2 Å². The number of nitrogens with two attached hydrogens (primary N) is 4. The molecule has 0 aliphatic carbocycles. The van der Waals surface area contributed by atoms with E-state index in [2.05, 4.69) is 31.9 Å². The van der Waals surface area contributed by atoms with E-state index in [0.29, 0.717) is 51.3 Å². The van der Waals surface area contributed by atoms with Gasteiger partial charge in [0.05, 0.1) is 44.8 Å². The lowest BCUT2D eigenvalue weighted by Gasteiger charge is -2.27. The lowest BCUT2D eigenvalue weighted by Crippen LogP contribution is -2.47. The molecule has 23 heteroatoms. The van der Waals surface area contributed by atoms with Crippen molar-refractivity contribution in [3.63, 3.8) is 0 Å². The van der Waals surface area contributed by atoms with Crippen LogP contribution in [0.3, 0.4) is 0 Å². The highest BCUT2D eigenvalue weighted by atomic mass is 16.4. The summed E-state index contributed by atoms with van der Waals surface area (Å²) in [4.78, 5) is 88.0. The minimum atomic E-state index is -1.16. The molecule has 23 nitrogen and oxygen atoms in total. The third kappa shape index (κ3) is 27.4. The van der Waals surface area contributed by atoms with Crippen LogP contribution in [0.25, 0.3) is 0 Å². The zero-order chi connectivity index (χ0) is 40.0. The summed E-state index contributed by atoms with van der Waals surface area (Å²) in [6.07, 6.45) is 3.08. The fraction of sp³-hybridized carbons (Fsp3) is 0.700. The number of nitrogens with zero attached hydrogens (tertiary/aromatic N) is 3. The number of carbonyl (C=O) groups excluding carboxylic acids is 6. The number of carbonyl (C=O) groups is 7. The molecule has 2 atom stereocenters. The van der Waals surface area contributed by atoms with Crippen LogP contribution in [-0.2, 0) is 33.6 Å². The second-order valence-corrected chi connectivity index (χ2v) is 11.9. The zero-order valence-corrected chi connectivity index (χ0v) is 30.2. The first kappa shape index (κ1) is 48.0. The number of carboxylic acids is 1. The summed E-state index contributed by atoms with van der Waals surface area (Å²) in [5, 5.41) is 39.3. The van der Waals surface area contributed by atoms with Crippen LogP contribution in [-0.4, -0.2) is 184 Å². The maximum absolute atomic E-state index is 12.5. The molecule has 0 spiro atoms. The summed E-state index contributed by atoms with van der Waals surface area (Å²) >= 11 is 0. The fourth-order valence-electron chi connectivity index (χ4n) is 4.62. The van der Waals surface area contributed by atoms with Crippen molar-refractivity contribution >= 4 is 54.1 Å². The second kappa shape index (κ2) is 29.6.